The minimum Gasteiger partial charge on any atom is -0.323 e. The Bertz CT molecular complexity index is 686. The number of likely N-dealkylation sites (tertiary alicyclic amines) is 1. The average molecular weight is 325 g/mol. The van der Waals surface area contributed by atoms with E-state index in [0.29, 0.717) is 12.0 Å². The van der Waals surface area contributed by atoms with Crippen LogP contribution in [0.4, 0.5) is 10.6 Å². The molecule has 0 unspecified atom stereocenters. The van der Waals surface area contributed by atoms with Crippen LogP contribution in [0.1, 0.15) is 49.6 Å². The van der Waals surface area contributed by atoms with E-state index in [9.17, 15) is 4.79 Å². The van der Waals surface area contributed by atoms with Crippen LogP contribution in [-0.4, -0.2) is 38.8 Å². The minimum absolute atomic E-state index is 0.0345. The number of pyridine rings is 1. The number of carbonyl (C=O) groups excluding carboxylic acids is 1. The van der Waals surface area contributed by atoms with Crippen LogP contribution in [0.25, 0.3) is 0 Å². The van der Waals surface area contributed by atoms with Gasteiger partial charge in [-0.3, -0.25) is 10.3 Å². The van der Waals surface area contributed by atoms with Crippen molar-refractivity contribution in [1.82, 2.24) is 19.7 Å². The van der Waals surface area contributed by atoms with E-state index in [1.54, 1.807) is 12.4 Å². The van der Waals surface area contributed by atoms with E-state index in [1.165, 1.54) is 24.8 Å². The summed E-state index contributed by atoms with van der Waals surface area (Å²) in [5.41, 5.74) is 1.20. The van der Waals surface area contributed by atoms with Crippen LogP contribution in [0.2, 0.25) is 0 Å². The molecule has 1 saturated heterocycles. The van der Waals surface area contributed by atoms with Crippen molar-refractivity contribution in [3.05, 3.63) is 42.4 Å². The zero-order valence-electron chi connectivity index (χ0n) is 13.8. The van der Waals surface area contributed by atoms with Crippen molar-refractivity contribution in [2.75, 3.05) is 18.4 Å². The first-order valence-corrected chi connectivity index (χ1v) is 8.80. The molecule has 2 aromatic rings. The molecule has 0 bridgehead atoms. The van der Waals surface area contributed by atoms with Crippen LogP contribution in [0, 0.1) is 0 Å². The third-order valence-electron chi connectivity index (χ3n) is 5.15. The molecule has 0 spiro atoms. The molecule has 4 rings (SSSR count). The van der Waals surface area contributed by atoms with Gasteiger partial charge in [-0.25, -0.2) is 9.48 Å². The Balaban J connectivity index is 1.35. The number of nitrogens with zero attached hydrogens (tertiary/aromatic N) is 4. The van der Waals surface area contributed by atoms with Crippen molar-refractivity contribution >= 4 is 11.8 Å². The summed E-state index contributed by atoms with van der Waals surface area (Å²) in [6, 6.07) is 6.30. The van der Waals surface area contributed by atoms with E-state index in [4.69, 9.17) is 0 Å². The number of carbonyl (C=O) groups is 1. The number of hydrogen-bond acceptors (Lipinski definition) is 3. The van der Waals surface area contributed by atoms with Crippen LogP contribution >= 0.6 is 0 Å². The number of urea groups is 1. The topological polar surface area (TPSA) is 63.1 Å². The van der Waals surface area contributed by atoms with Crippen molar-refractivity contribution in [1.29, 1.82) is 0 Å². The van der Waals surface area contributed by atoms with Gasteiger partial charge in [-0.05, 0) is 24.5 Å². The Hall–Kier alpha value is -2.37. The maximum absolute atomic E-state index is 12.5. The zero-order valence-corrected chi connectivity index (χ0v) is 13.8. The summed E-state index contributed by atoms with van der Waals surface area (Å²) in [6.45, 7) is 1.49. The number of anilines is 1. The summed E-state index contributed by atoms with van der Waals surface area (Å²) in [4.78, 5) is 18.5. The molecule has 0 atom stereocenters. The molecular weight excluding hydrogens is 302 g/mol. The predicted molar refractivity (Wildman–Crippen MR) is 91.9 cm³/mol. The van der Waals surface area contributed by atoms with E-state index in [-0.39, 0.29) is 6.03 Å². The number of nitrogens with one attached hydrogen (secondary N) is 1. The third-order valence-corrected chi connectivity index (χ3v) is 5.15. The van der Waals surface area contributed by atoms with Crippen molar-refractivity contribution in [2.45, 2.75) is 44.1 Å². The lowest BCUT2D eigenvalue weighted by Crippen LogP contribution is -2.50. The first-order chi connectivity index (χ1) is 11.8. The lowest BCUT2D eigenvalue weighted by atomic mass is 9.93. The van der Waals surface area contributed by atoms with Crippen molar-refractivity contribution in [2.24, 2.45) is 0 Å². The molecule has 1 aliphatic carbocycles. The molecule has 6 heteroatoms. The van der Waals surface area contributed by atoms with Gasteiger partial charge in [0.1, 0.15) is 5.82 Å². The van der Waals surface area contributed by atoms with E-state index in [0.717, 1.165) is 31.7 Å². The fourth-order valence-electron chi connectivity index (χ4n) is 3.69. The normalized spacial score (nSPS) is 19.1. The summed E-state index contributed by atoms with van der Waals surface area (Å²) >= 11 is 0. The highest BCUT2D eigenvalue weighted by Crippen LogP contribution is 2.31. The summed E-state index contributed by atoms with van der Waals surface area (Å²) in [5, 5.41) is 7.47. The maximum Gasteiger partial charge on any atom is 0.323 e. The third kappa shape index (κ3) is 3.00. The van der Waals surface area contributed by atoms with Gasteiger partial charge in [0.2, 0.25) is 0 Å². The number of amides is 2. The van der Waals surface area contributed by atoms with Gasteiger partial charge in [-0.2, -0.15) is 5.10 Å². The minimum atomic E-state index is -0.0345. The van der Waals surface area contributed by atoms with Gasteiger partial charge in [0, 0.05) is 37.5 Å². The molecule has 3 heterocycles. The van der Waals surface area contributed by atoms with Crippen molar-refractivity contribution in [3.8, 4) is 0 Å². The summed E-state index contributed by atoms with van der Waals surface area (Å²) in [6.07, 6.45) is 11.5. The largest absolute Gasteiger partial charge is 0.323 e. The van der Waals surface area contributed by atoms with Crippen molar-refractivity contribution < 1.29 is 4.79 Å². The summed E-state index contributed by atoms with van der Waals surface area (Å²) < 4.78 is 2.00. The van der Waals surface area contributed by atoms with Crippen molar-refractivity contribution in [3.63, 3.8) is 0 Å². The van der Waals surface area contributed by atoms with E-state index >= 15 is 0 Å². The van der Waals surface area contributed by atoms with Crippen LogP contribution in [-0.2, 0) is 0 Å². The monoisotopic (exact) mass is 325 g/mol. The van der Waals surface area contributed by atoms with Gasteiger partial charge >= 0.3 is 6.03 Å². The fraction of sp³-hybridized carbons (Fsp3) is 0.500. The van der Waals surface area contributed by atoms with Gasteiger partial charge < -0.3 is 4.90 Å². The molecule has 0 aromatic carbocycles. The van der Waals surface area contributed by atoms with Gasteiger partial charge in [-0.1, -0.05) is 25.3 Å². The highest BCUT2D eigenvalue weighted by atomic mass is 16.2. The molecule has 0 radical (unpaired) electrons. The lowest BCUT2D eigenvalue weighted by molar-refractivity contribution is 0.163. The Morgan fingerprint density at radius 1 is 1.12 bits per heavy atom. The second kappa shape index (κ2) is 6.63. The highest BCUT2D eigenvalue weighted by molar-refractivity contribution is 5.89. The van der Waals surface area contributed by atoms with Crippen LogP contribution in [0.15, 0.2) is 36.8 Å². The summed E-state index contributed by atoms with van der Waals surface area (Å²) in [7, 11) is 0. The smallest absolute Gasteiger partial charge is 0.323 e. The summed E-state index contributed by atoms with van der Waals surface area (Å²) in [5.74, 6) is 1.21. The van der Waals surface area contributed by atoms with E-state index < -0.39 is 0 Å². The molecule has 1 aliphatic heterocycles. The first-order valence-electron chi connectivity index (χ1n) is 8.80. The highest BCUT2D eigenvalue weighted by Gasteiger charge is 2.32. The molecule has 2 aliphatic rings. The maximum atomic E-state index is 12.5. The molecule has 1 saturated carbocycles. The Morgan fingerprint density at radius 3 is 2.71 bits per heavy atom. The lowest BCUT2D eigenvalue weighted by Gasteiger charge is -2.39. The molecular formula is C18H23N5O. The van der Waals surface area contributed by atoms with Gasteiger partial charge in [0.15, 0.2) is 0 Å². The number of hydrogen-bond donors (Lipinski definition) is 1. The molecule has 2 amide bonds. The molecule has 2 fully saturated rings. The Labute approximate surface area is 141 Å². The first kappa shape index (κ1) is 15.2. The van der Waals surface area contributed by atoms with Gasteiger partial charge in [0.05, 0.1) is 12.2 Å². The van der Waals surface area contributed by atoms with Crippen LogP contribution in [0.5, 0.6) is 0 Å². The zero-order chi connectivity index (χ0) is 16.4. The second-order valence-corrected chi connectivity index (χ2v) is 6.77. The number of rotatable bonds is 3. The predicted octanol–water partition coefficient (Wildman–Crippen LogP) is 3.41. The Kier molecular flexibility index (Phi) is 4.19. The van der Waals surface area contributed by atoms with Crippen LogP contribution < -0.4 is 5.32 Å². The molecule has 1 N–H and O–H groups in total. The SMILES string of the molecule is O=C(Nc1ccnn1C1CCCCC1)N1CC(c2cccnc2)C1. The quantitative estimate of drug-likeness (QED) is 0.940. The van der Waals surface area contributed by atoms with E-state index in [2.05, 4.69) is 21.5 Å². The molecule has 126 valence electrons. The second-order valence-electron chi connectivity index (χ2n) is 6.77. The van der Waals surface area contributed by atoms with Crippen LogP contribution in [0.3, 0.4) is 0 Å². The Morgan fingerprint density at radius 2 is 1.96 bits per heavy atom. The van der Waals surface area contributed by atoms with Gasteiger partial charge in [-0.15, -0.1) is 0 Å². The van der Waals surface area contributed by atoms with E-state index in [1.807, 2.05) is 27.9 Å². The fourth-order valence-corrected chi connectivity index (χ4v) is 3.69. The number of aromatic nitrogens is 3. The molecule has 6 nitrogen and oxygen atoms in total. The molecule has 2 aromatic heterocycles. The average Bonchev–Trinajstić information content (AvgIpc) is 3.03. The van der Waals surface area contributed by atoms with Gasteiger partial charge in [0.25, 0.3) is 0 Å². The standard InChI is InChI=1S/C18H23N5O/c24-18(22-12-15(13-22)14-5-4-9-19-11-14)21-17-8-10-20-23(17)16-6-2-1-3-7-16/h4-5,8-11,15-16H,1-3,6-7,12-13H2,(H,21,24). The molecule has 24 heavy (non-hydrogen) atoms.